The first-order chi connectivity index (χ1) is 11.6. The second-order valence-electron chi connectivity index (χ2n) is 5.68. The number of carboxylic acid groups (broad SMARTS) is 1. The molecular weight excluding hydrogens is 328 g/mol. The van der Waals surface area contributed by atoms with Gasteiger partial charge in [0.15, 0.2) is 10.8 Å². The largest absolute Gasteiger partial charge is 0.481 e. The lowest BCUT2D eigenvalue weighted by atomic mass is 9.97. The van der Waals surface area contributed by atoms with E-state index in [0.717, 1.165) is 19.3 Å². The fourth-order valence-electron chi connectivity index (χ4n) is 2.89. The molecule has 0 unspecified atom stereocenters. The van der Waals surface area contributed by atoms with Crippen LogP contribution in [0.1, 0.15) is 41.8 Å². The summed E-state index contributed by atoms with van der Waals surface area (Å²) in [4.78, 5) is 38.5. The highest BCUT2D eigenvalue weighted by molar-refractivity contribution is 7.16. The summed E-state index contributed by atoms with van der Waals surface area (Å²) >= 11 is 1.27. The van der Waals surface area contributed by atoms with Crippen LogP contribution in [0.2, 0.25) is 0 Å². The highest BCUT2D eigenvalue weighted by Crippen LogP contribution is 2.27. The van der Waals surface area contributed by atoms with Crippen molar-refractivity contribution in [3.05, 3.63) is 29.5 Å². The third-order valence-electron chi connectivity index (χ3n) is 4.05. The van der Waals surface area contributed by atoms with E-state index in [9.17, 15) is 9.59 Å². The van der Waals surface area contributed by atoms with Gasteiger partial charge in [-0.25, -0.2) is 15.0 Å². The van der Waals surface area contributed by atoms with Gasteiger partial charge in [0, 0.05) is 31.4 Å². The van der Waals surface area contributed by atoms with Crippen LogP contribution < -0.4 is 0 Å². The van der Waals surface area contributed by atoms with E-state index < -0.39 is 5.97 Å². The minimum atomic E-state index is -0.825. The number of hydrogen-bond donors (Lipinski definition) is 1. The molecular formula is C16H18N4O3S. The molecule has 2 aromatic heterocycles. The molecule has 0 spiro atoms. The Balaban J connectivity index is 1.74. The fourth-order valence-corrected chi connectivity index (χ4v) is 3.71. The van der Waals surface area contributed by atoms with Gasteiger partial charge in [-0.3, -0.25) is 9.59 Å². The van der Waals surface area contributed by atoms with Gasteiger partial charge in [0.25, 0.3) is 5.91 Å². The maximum Gasteiger partial charge on any atom is 0.303 e. The molecule has 7 nitrogen and oxygen atoms in total. The zero-order chi connectivity index (χ0) is 16.9. The standard InChI is InChI=1S/C16H18N4O3S/c21-13(22)6-5-11-4-1-2-9-20(11)16(23)12-10-19-15(24-12)14-17-7-3-8-18-14/h3,7-8,10-11H,1-2,4-6,9H2,(H,21,22)/t11-/m1/s1. The molecule has 1 fully saturated rings. The molecule has 1 aliphatic rings. The first-order valence-electron chi connectivity index (χ1n) is 7.91. The summed E-state index contributed by atoms with van der Waals surface area (Å²) in [5.74, 6) is -0.401. The molecule has 24 heavy (non-hydrogen) atoms. The van der Waals surface area contributed by atoms with Crippen molar-refractivity contribution < 1.29 is 14.7 Å². The topological polar surface area (TPSA) is 96.3 Å². The van der Waals surface area contributed by atoms with Gasteiger partial charge in [0.2, 0.25) is 0 Å². The Morgan fingerprint density at radius 2 is 2.04 bits per heavy atom. The molecule has 0 bridgehead atoms. The van der Waals surface area contributed by atoms with Crippen LogP contribution in [0.25, 0.3) is 10.8 Å². The van der Waals surface area contributed by atoms with E-state index in [0.29, 0.717) is 28.7 Å². The van der Waals surface area contributed by atoms with Crippen molar-refractivity contribution >= 4 is 23.2 Å². The van der Waals surface area contributed by atoms with Gasteiger partial charge < -0.3 is 10.0 Å². The van der Waals surface area contributed by atoms with Gasteiger partial charge >= 0.3 is 5.97 Å². The zero-order valence-corrected chi connectivity index (χ0v) is 13.9. The lowest BCUT2D eigenvalue weighted by molar-refractivity contribution is -0.137. The number of hydrogen-bond acceptors (Lipinski definition) is 6. The number of amides is 1. The summed E-state index contributed by atoms with van der Waals surface area (Å²) in [5, 5.41) is 9.50. The Bertz CT molecular complexity index is 719. The van der Waals surface area contributed by atoms with Crippen LogP contribution in [-0.4, -0.2) is 49.4 Å². The van der Waals surface area contributed by atoms with Crippen molar-refractivity contribution in [1.29, 1.82) is 0 Å². The second kappa shape index (κ2) is 7.48. The number of carbonyl (C=O) groups is 2. The molecule has 0 saturated carbocycles. The van der Waals surface area contributed by atoms with Gasteiger partial charge in [0.05, 0.1) is 6.20 Å². The molecule has 1 saturated heterocycles. The second-order valence-corrected chi connectivity index (χ2v) is 6.71. The van der Waals surface area contributed by atoms with E-state index in [-0.39, 0.29) is 18.4 Å². The SMILES string of the molecule is O=C(O)CC[C@H]1CCCCN1C(=O)c1cnc(-c2ncccn2)s1. The number of aliphatic carboxylic acids is 1. The van der Waals surface area contributed by atoms with Crippen molar-refractivity contribution in [2.24, 2.45) is 0 Å². The predicted molar refractivity (Wildman–Crippen MR) is 88.7 cm³/mol. The van der Waals surface area contributed by atoms with Gasteiger partial charge in [-0.15, -0.1) is 11.3 Å². The minimum Gasteiger partial charge on any atom is -0.481 e. The van der Waals surface area contributed by atoms with Crippen molar-refractivity contribution in [1.82, 2.24) is 19.9 Å². The lowest BCUT2D eigenvalue weighted by Gasteiger charge is -2.35. The molecule has 126 valence electrons. The molecule has 2 aromatic rings. The number of likely N-dealkylation sites (tertiary alicyclic amines) is 1. The minimum absolute atomic E-state index is 0.0131. The van der Waals surface area contributed by atoms with E-state index in [1.165, 1.54) is 11.3 Å². The molecule has 3 heterocycles. The summed E-state index contributed by atoms with van der Waals surface area (Å²) in [6.45, 7) is 0.665. The van der Waals surface area contributed by atoms with E-state index in [1.807, 2.05) is 0 Å². The molecule has 0 radical (unpaired) electrons. The third kappa shape index (κ3) is 3.76. The molecule has 0 aromatic carbocycles. The number of piperidine rings is 1. The fraction of sp³-hybridized carbons (Fsp3) is 0.438. The van der Waals surface area contributed by atoms with Crippen molar-refractivity contribution in [3.63, 3.8) is 0 Å². The molecule has 3 rings (SSSR count). The Morgan fingerprint density at radius 3 is 2.79 bits per heavy atom. The highest BCUT2D eigenvalue weighted by Gasteiger charge is 2.29. The molecule has 8 heteroatoms. The number of carbonyl (C=O) groups excluding carboxylic acids is 1. The smallest absolute Gasteiger partial charge is 0.303 e. The summed E-state index contributed by atoms with van der Waals surface area (Å²) in [6, 6.07) is 1.71. The summed E-state index contributed by atoms with van der Waals surface area (Å²) in [6.07, 6.45) is 8.24. The van der Waals surface area contributed by atoms with Crippen molar-refractivity contribution in [2.45, 2.75) is 38.1 Å². The number of aromatic nitrogens is 3. The van der Waals surface area contributed by atoms with E-state index in [2.05, 4.69) is 15.0 Å². The van der Waals surface area contributed by atoms with Crippen LogP contribution in [0, 0.1) is 0 Å². The number of thiazole rings is 1. The van der Waals surface area contributed by atoms with Crippen LogP contribution in [-0.2, 0) is 4.79 Å². The Labute approximate surface area is 143 Å². The first kappa shape index (κ1) is 16.5. The maximum absolute atomic E-state index is 12.8. The number of nitrogens with zero attached hydrogens (tertiary/aromatic N) is 4. The van der Waals surface area contributed by atoms with Gasteiger partial charge in [-0.05, 0) is 31.7 Å². The molecule has 0 aliphatic carbocycles. The van der Waals surface area contributed by atoms with Crippen LogP contribution in [0.4, 0.5) is 0 Å². The van der Waals surface area contributed by atoms with Gasteiger partial charge in [-0.1, -0.05) is 0 Å². The Kier molecular flexibility index (Phi) is 5.14. The molecule has 1 aliphatic heterocycles. The Morgan fingerprint density at radius 1 is 1.25 bits per heavy atom. The molecule has 1 N–H and O–H groups in total. The quantitative estimate of drug-likeness (QED) is 0.893. The van der Waals surface area contributed by atoms with Gasteiger partial charge in [0.1, 0.15) is 4.88 Å². The molecule has 1 atom stereocenters. The predicted octanol–water partition coefficient (Wildman–Crippen LogP) is 2.46. The third-order valence-corrected chi connectivity index (χ3v) is 5.03. The number of rotatable bonds is 5. The average molecular weight is 346 g/mol. The normalized spacial score (nSPS) is 17.7. The van der Waals surface area contributed by atoms with Crippen LogP contribution in [0.5, 0.6) is 0 Å². The van der Waals surface area contributed by atoms with Crippen molar-refractivity contribution in [2.75, 3.05) is 6.54 Å². The molecule has 1 amide bonds. The van der Waals surface area contributed by atoms with Crippen LogP contribution in [0.3, 0.4) is 0 Å². The average Bonchev–Trinajstić information content (AvgIpc) is 3.10. The Hall–Kier alpha value is -2.35. The summed E-state index contributed by atoms with van der Waals surface area (Å²) in [7, 11) is 0. The monoisotopic (exact) mass is 346 g/mol. The zero-order valence-electron chi connectivity index (χ0n) is 13.1. The van der Waals surface area contributed by atoms with E-state index >= 15 is 0 Å². The highest BCUT2D eigenvalue weighted by atomic mass is 32.1. The van der Waals surface area contributed by atoms with E-state index in [1.54, 1.807) is 29.6 Å². The van der Waals surface area contributed by atoms with Crippen LogP contribution in [0.15, 0.2) is 24.7 Å². The maximum atomic E-state index is 12.8. The summed E-state index contributed by atoms with van der Waals surface area (Å²) < 4.78 is 0. The number of carboxylic acids is 1. The summed E-state index contributed by atoms with van der Waals surface area (Å²) in [5.41, 5.74) is 0. The van der Waals surface area contributed by atoms with Crippen LogP contribution >= 0.6 is 11.3 Å². The first-order valence-corrected chi connectivity index (χ1v) is 8.73. The lowest BCUT2D eigenvalue weighted by Crippen LogP contribution is -2.43. The van der Waals surface area contributed by atoms with Gasteiger partial charge in [-0.2, -0.15) is 0 Å². The van der Waals surface area contributed by atoms with E-state index in [4.69, 9.17) is 5.11 Å². The van der Waals surface area contributed by atoms with Crippen molar-refractivity contribution in [3.8, 4) is 10.8 Å².